The molecular weight excluding hydrogens is 303 g/mol. The number of benzene rings is 1. The van der Waals surface area contributed by atoms with Crippen molar-refractivity contribution < 1.29 is 22.8 Å². The molecule has 0 bridgehead atoms. The molecule has 0 saturated carbocycles. The van der Waals surface area contributed by atoms with Gasteiger partial charge >= 0.3 is 5.69 Å². The number of nitrogens with zero attached hydrogens (tertiary/aromatic N) is 1. The lowest BCUT2D eigenvalue weighted by Gasteiger charge is -2.12. The van der Waals surface area contributed by atoms with Crippen LogP contribution in [0.5, 0.6) is 0 Å². The molecule has 0 aliphatic heterocycles. The lowest BCUT2D eigenvalue weighted by atomic mass is 10.1. The second kappa shape index (κ2) is 6.92. The third-order valence-corrected chi connectivity index (χ3v) is 4.36. The zero-order chi connectivity index (χ0) is 16.2. The predicted octanol–water partition coefficient (Wildman–Crippen LogP) is 1.34. The maximum atomic E-state index is 13.6. The fraction of sp³-hybridized carbons (Fsp3) is 0.500. The largest absolute Gasteiger partial charge is 0.396 e. The second-order valence-electron chi connectivity index (χ2n) is 4.80. The molecule has 118 valence electrons. The number of hydrogen-bond donors (Lipinski definition) is 2. The van der Waals surface area contributed by atoms with Gasteiger partial charge in [-0.3, -0.25) is 10.1 Å². The summed E-state index contributed by atoms with van der Waals surface area (Å²) >= 11 is 0. The number of nitro groups is 1. The van der Waals surface area contributed by atoms with Crippen molar-refractivity contribution in [2.75, 3.05) is 13.2 Å². The molecule has 0 aliphatic rings. The van der Waals surface area contributed by atoms with Gasteiger partial charge in [0, 0.05) is 19.2 Å². The number of aliphatic hydroxyl groups excluding tert-OH is 1. The van der Waals surface area contributed by atoms with Crippen LogP contribution < -0.4 is 4.72 Å². The third-order valence-electron chi connectivity index (χ3n) is 2.96. The minimum absolute atomic E-state index is 0.0655. The first-order chi connectivity index (χ1) is 9.69. The highest BCUT2D eigenvalue weighted by Gasteiger charge is 2.24. The van der Waals surface area contributed by atoms with Crippen molar-refractivity contribution in [2.24, 2.45) is 5.92 Å². The van der Waals surface area contributed by atoms with Crippen LogP contribution in [0.2, 0.25) is 0 Å². The van der Waals surface area contributed by atoms with Crippen molar-refractivity contribution in [3.63, 3.8) is 0 Å². The quantitative estimate of drug-likeness (QED) is 0.582. The first-order valence-corrected chi connectivity index (χ1v) is 7.72. The lowest BCUT2D eigenvalue weighted by molar-refractivity contribution is -0.387. The van der Waals surface area contributed by atoms with Crippen molar-refractivity contribution >= 4 is 15.7 Å². The molecule has 0 fully saturated rings. The minimum Gasteiger partial charge on any atom is -0.396 e. The van der Waals surface area contributed by atoms with Gasteiger partial charge < -0.3 is 5.11 Å². The van der Waals surface area contributed by atoms with Crippen LogP contribution >= 0.6 is 0 Å². The molecule has 9 heteroatoms. The van der Waals surface area contributed by atoms with Crippen molar-refractivity contribution in [1.82, 2.24) is 4.72 Å². The number of halogens is 1. The van der Waals surface area contributed by atoms with Gasteiger partial charge in [0.05, 0.1) is 9.82 Å². The Morgan fingerprint density at radius 1 is 1.48 bits per heavy atom. The molecule has 21 heavy (non-hydrogen) atoms. The summed E-state index contributed by atoms with van der Waals surface area (Å²) in [5.41, 5.74) is -0.994. The van der Waals surface area contributed by atoms with Gasteiger partial charge in [0.15, 0.2) is 0 Å². The number of sulfonamides is 1. The van der Waals surface area contributed by atoms with E-state index in [1.807, 2.05) is 0 Å². The summed E-state index contributed by atoms with van der Waals surface area (Å²) in [7, 11) is -3.97. The van der Waals surface area contributed by atoms with E-state index < -0.39 is 26.5 Å². The summed E-state index contributed by atoms with van der Waals surface area (Å²) in [4.78, 5) is 9.41. The Morgan fingerprint density at radius 2 is 2.10 bits per heavy atom. The van der Waals surface area contributed by atoms with E-state index in [2.05, 4.69) is 4.72 Å². The van der Waals surface area contributed by atoms with Crippen LogP contribution in [-0.4, -0.2) is 31.6 Å². The number of rotatable bonds is 7. The Kier molecular flexibility index (Phi) is 5.76. The SMILES string of the molecule is Cc1cc(S(=O)(=O)NCC(C)CCO)cc([N+](=O)[O-])c1F. The molecule has 2 N–H and O–H groups in total. The standard InChI is InChI=1S/C12H17FN2O5S/c1-8(3-4-16)7-14-21(19,20)10-5-9(2)12(13)11(6-10)15(17)18/h5-6,8,14,16H,3-4,7H2,1-2H3. The minimum atomic E-state index is -3.97. The van der Waals surface area contributed by atoms with Gasteiger partial charge in [0.1, 0.15) is 0 Å². The predicted molar refractivity (Wildman–Crippen MR) is 73.8 cm³/mol. The molecule has 1 atom stereocenters. The fourth-order valence-electron chi connectivity index (χ4n) is 1.66. The topological polar surface area (TPSA) is 110 Å². The monoisotopic (exact) mass is 320 g/mol. The number of aryl methyl sites for hydroxylation is 1. The molecule has 1 unspecified atom stereocenters. The number of aliphatic hydroxyl groups is 1. The van der Waals surface area contributed by atoms with E-state index in [1.54, 1.807) is 6.92 Å². The third kappa shape index (κ3) is 4.45. The van der Waals surface area contributed by atoms with Gasteiger partial charge in [-0.2, -0.15) is 4.39 Å². The van der Waals surface area contributed by atoms with Crippen molar-refractivity contribution in [1.29, 1.82) is 0 Å². The van der Waals surface area contributed by atoms with E-state index in [9.17, 15) is 22.9 Å². The van der Waals surface area contributed by atoms with Crippen LogP contribution in [0, 0.1) is 28.8 Å². The highest BCUT2D eigenvalue weighted by Crippen LogP contribution is 2.25. The van der Waals surface area contributed by atoms with E-state index in [0.717, 1.165) is 6.07 Å². The van der Waals surface area contributed by atoms with Crippen molar-refractivity contribution in [2.45, 2.75) is 25.2 Å². The summed E-state index contributed by atoms with van der Waals surface area (Å²) < 4.78 is 40.0. The van der Waals surface area contributed by atoms with Crippen LogP contribution in [0.3, 0.4) is 0 Å². The first-order valence-electron chi connectivity index (χ1n) is 6.24. The maximum Gasteiger partial charge on any atom is 0.306 e. The molecule has 0 amide bonds. The van der Waals surface area contributed by atoms with E-state index in [-0.39, 0.29) is 29.5 Å². The molecule has 1 aromatic rings. The van der Waals surface area contributed by atoms with Gasteiger partial charge in [-0.15, -0.1) is 0 Å². The Morgan fingerprint density at radius 3 is 2.62 bits per heavy atom. The molecular formula is C12H17FN2O5S. The summed E-state index contributed by atoms with van der Waals surface area (Å²) in [6.07, 6.45) is 0.422. The molecule has 0 heterocycles. The van der Waals surface area contributed by atoms with Gasteiger partial charge in [0.2, 0.25) is 15.8 Å². The molecule has 0 radical (unpaired) electrons. The summed E-state index contributed by atoms with van der Waals surface area (Å²) in [5, 5.41) is 19.5. The molecule has 0 saturated heterocycles. The molecule has 7 nitrogen and oxygen atoms in total. The van der Waals surface area contributed by atoms with Gasteiger partial charge in [-0.1, -0.05) is 6.92 Å². The van der Waals surface area contributed by atoms with Gasteiger partial charge in [-0.05, 0) is 30.9 Å². The molecule has 0 aromatic heterocycles. The van der Waals surface area contributed by atoms with Gasteiger partial charge in [0.25, 0.3) is 0 Å². The Balaban J connectivity index is 3.06. The highest BCUT2D eigenvalue weighted by molar-refractivity contribution is 7.89. The Bertz CT molecular complexity index is 633. The average Bonchev–Trinajstić information content (AvgIpc) is 2.39. The van der Waals surface area contributed by atoms with Crippen LogP contribution in [-0.2, 0) is 10.0 Å². The van der Waals surface area contributed by atoms with Crippen molar-refractivity contribution in [3.8, 4) is 0 Å². The smallest absolute Gasteiger partial charge is 0.306 e. The van der Waals surface area contributed by atoms with E-state index >= 15 is 0 Å². The molecule has 0 spiro atoms. The highest BCUT2D eigenvalue weighted by atomic mass is 32.2. The second-order valence-corrected chi connectivity index (χ2v) is 6.57. The number of hydrogen-bond acceptors (Lipinski definition) is 5. The molecule has 1 aromatic carbocycles. The van der Waals surface area contributed by atoms with E-state index in [1.165, 1.54) is 6.92 Å². The van der Waals surface area contributed by atoms with Gasteiger partial charge in [-0.25, -0.2) is 13.1 Å². The Hall–Kier alpha value is -1.58. The summed E-state index contributed by atoms with van der Waals surface area (Å²) in [6, 6.07) is 1.74. The Labute approximate surface area is 122 Å². The van der Waals surface area contributed by atoms with E-state index in [0.29, 0.717) is 12.5 Å². The average molecular weight is 320 g/mol. The zero-order valence-electron chi connectivity index (χ0n) is 11.7. The van der Waals surface area contributed by atoms with Crippen LogP contribution in [0.1, 0.15) is 18.9 Å². The van der Waals surface area contributed by atoms with Crippen LogP contribution in [0.4, 0.5) is 10.1 Å². The van der Waals surface area contributed by atoms with E-state index in [4.69, 9.17) is 5.11 Å². The number of nitrogens with one attached hydrogen (secondary N) is 1. The molecule has 0 aliphatic carbocycles. The zero-order valence-corrected chi connectivity index (χ0v) is 12.5. The fourth-order valence-corrected chi connectivity index (χ4v) is 2.93. The normalized spacial score (nSPS) is 13.1. The van der Waals surface area contributed by atoms with Crippen LogP contribution in [0.15, 0.2) is 17.0 Å². The maximum absolute atomic E-state index is 13.6. The van der Waals surface area contributed by atoms with Crippen molar-refractivity contribution in [3.05, 3.63) is 33.6 Å². The summed E-state index contributed by atoms with van der Waals surface area (Å²) in [5.74, 6) is -1.14. The summed E-state index contributed by atoms with van der Waals surface area (Å²) in [6.45, 7) is 3.02. The lowest BCUT2D eigenvalue weighted by Crippen LogP contribution is -2.29. The molecule has 1 rings (SSSR count). The number of nitro benzene ring substituents is 1. The van der Waals surface area contributed by atoms with Crippen LogP contribution in [0.25, 0.3) is 0 Å². The first kappa shape index (κ1) is 17.5.